The van der Waals surface area contributed by atoms with Gasteiger partial charge in [0.1, 0.15) is 19.8 Å². The van der Waals surface area contributed by atoms with E-state index in [2.05, 4.69) is 62.5 Å². The predicted molar refractivity (Wildman–Crippen MR) is 439 cm³/mol. The standard InChI is InChI=1S/C91H174NO8P/c1-6-8-10-12-14-16-18-20-22-24-26-28-30-32-34-36-38-40-42-44-45-46-48-49-51-53-55-57-59-61-63-65-67-69-71-73-75-77-79-81-83-90(93)97-87-89(88-99-101(95,96)98-86-85-92(3,4)5)100-91(94)84-82-80-78-76-74-72-70-68-66-64-62-60-58-56-54-52-50-47-43-41-39-37-35-33-31-29-27-25-23-21-19-17-15-13-11-9-7-2/h9,11,15,17,21,23,27,29,89H,6-8,10,12-14,16,18-20,22,24-26,28,30-88H2,1-5H3/b11-9-,17-15-,23-21-,29-27-. The van der Waals surface area contributed by atoms with E-state index in [1.807, 2.05) is 21.1 Å². The molecule has 0 aliphatic carbocycles. The molecule has 596 valence electrons. The van der Waals surface area contributed by atoms with Gasteiger partial charge in [0.25, 0.3) is 7.82 Å². The van der Waals surface area contributed by atoms with E-state index in [0.29, 0.717) is 17.4 Å². The largest absolute Gasteiger partial charge is 0.756 e. The van der Waals surface area contributed by atoms with Gasteiger partial charge in [0.05, 0.1) is 27.7 Å². The van der Waals surface area contributed by atoms with Crippen molar-refractivity contribution in [3.05, 3.63) is 48.6 Å². The highest BCUT2D eigenvalue weighted by Gasteiger charge is 2.22. The molecule has 0 aliphatic rings. The van der Waals surface area contributed by atoms with Crippen molar-refractivity contribution in [1.29, 1.82) is 0 Å². The summed E-state index contributed by atoms with van der Waals surface area (Å²) >= 11 is 0. The van der Waals surface area contributed by atoms with Crippen molar-refractivity contribution in [2.75, 3.05) is 47.5 Å². The smallest absolute Gasteiger partial charge is 0.306 e. The lowest BCUT2D eigenvalue weighted by atomic mass is 10.0. The Labute approximate surface area is 630 Å². The first-order valence-electron chi connectivity index (χ1n) is 44.8. The Morgan fingerprint density at radius 2 is 0.564 bits per heavy atom. The number of esters is 2. The molecule has 0 saturated heterocycles. The Kier molecular flexibility index (Phi) is 80.4. The molecule has 0 aromatic rings. The second kappa shape index (κ2) is 82.0. The molecule has 101 heavy (non-hydrogen) atoms. The quantitative estimate of drug-likeness (QED) is 0.0195. The average Bonchev–Trinajstić information content (AvgIpc) is 0.958. The number of phosphoric ester groups is 1. The summed E-state index contributed by atoms with van der Waals surface area (Å²) in [4.78, 5) is 38.3. The number of unbranched alkanes of at least 4 members (excludes halogenated alkanes) is 63. The van der Waals surface area contributed by atoms with Gasteiger partial charge in [-0.1, -0.05) is 454 Å². The molecule has 2 unspecified atom stereocenters. The third kappa shape index (κ3) is 86.8. The normalized spacial score (nSPS) is 13.1. The maximum atomic E-state index is 12.9. The first-order chi connectivity index (χ1) is 49.5. The van der Waals surface area contributed by atoms with Crippen molar-refractivity contribution in [2.24, 2.45) is 0 Å². The molecule has 0 radical (unpaired) electrons. The fourth-order valence-electron chi connectivity index (χ4n) is 13.8. The molecule has 0 aromatic carbocycles. The van der Waals surface area contributed by atoms with Crippen LogP contribution in [-0.2, 0) is 32.7 Å². The van der Waals surface area contributed by atoms with E-state index in [1.54, 1.807) is 0 Å². The van der Waals surface area contributed by atoms with Crippen LogP contribution < -0.4 is 4.89 Å². The summed E-state index contributed by atoms with van der Waals surface area (Å²) in [6.07, 6.45) is 110. The third-order valence-corrected chi connectivity index (χ3v) is 21.6. The van der Waals surface area contributed by atoms with Gasteiger partial charge in [-0.25, -0.2) is 0 Å². The zero-order chi connectivity index (χ0) is 73.3. The monoisotopic (exact) mass is 1440 g/mol. The van der Waals surface area contributed by atoms with Crippen LogP contribution in [0.15, 0.2) is 48.6 Å². The molecular formula is C91H174NO8P. The summed E-state index contributed by atoms with van der Waals surface area (Å²) in [7, 11) is 1.19. The van der Waals surface area contributed by atoms with E-state index in [1.165, 1.54) is 379 Å². The third-order valence-electron chi connectivity index (χ3n) is 20.6. The van der Waals surface area contributed by atoms with Gasteiger partial charge in [-0.2, -0.15) is 0 Å². The Hall–Kier alpha value is -2.03. The lowest BCUT2D eigenvalue weighted by Gasteiger charge is -2.28. The molecule has 0 spiro atoms. The van der Waals surface area contributed by atoms with E-state index in [9.17, 15) is 19.0 Å². The van der Waals surface area contributed by atoms with Gasteiger partial charge >= 0.3 is 11.9 Å². The Morgan fingerprint density at radius 1 is 0.317 bits per heavy atom. The number of nitrogens with zero attached hydrogens (tertiary/aromatic N) is 1. The molecule has 0 bridgehead atoms. The highest BCUT2D eigenvalue weighted by atomic mass is 31.2. The molecule has 0 aliphatic heterocycles. The van der Waals surface area contributed by atoms with Crippen LogP contribution in [-0.4, -0.2) is 70.0 Å². The first kappa shape index (κ1) is 99.0. The van der Waals surface area contributed by atoms with Crippen molar-refractivity contribution in [3.63, 3.8) is 0 Å². The van der Waals surface area contributed by atoms with Gasteiger partial charge < -0.3 is 27.9 Å². The molecular weight excluding hydrogens is 1270 g/mol. The summed E-state index contributed by atoms with van der Waals surface area (Å²) in [6, 6.07) is 0. The van der Waals surface area contributed by atoms with Crippen LogP contribution in [0, 0.1) is 0 Å². The summed E-state index contributed by atoms with van der Waals surface area (Å²) in [6.45, 7) is 4.22. The lowest BCUT2D eigenvalue weighted by molar-refractivity contribution is -0.870. The number of allylic oxidation sites excluding steroid dienone is 8. The molecule has 0 saturated carbocycles. The number of hydrogen-bond acceptors (Lipinski definition) is 8. The minimum Gasteiger partial charge on any atom is -0.756 e. The Balaban J connectivity index is 3.83. The zero-order valence-electron chi connectivity index (χ0n) is 68.4. The fraction of sp³-hybridized carbons (Fsp3) is 0.890. The predicted octanol–water partition coefficient (Wildman–Crippen LogP) is 29.6. The molecule has 0 fully saturated rings. The van der Waals surface area contributed by atoms with E-state index in [-0.39, 0.29) is 32.0 Å². The van der Waals surface area contributed by atoms with Gasteiger partial charge in [-0.3, -0.25) is 14.2 Å². The highest BCUT2D eigenvalue weighted by Crippen LogP contribution is 2.38. The molecule has 0 amide bonds. The number of rotatable bonds is 85. The maximum Gasteiger partial charge on any atom is 0.306 e. The summed E-state index contributed by atoms with van der Waals surface area (Å²) < 4.78 is 34.5. The fourth-order valence-corrected chi connectivity index (χ4v) is 14.6. The molecule has 2 atom stereocenters. The van der Waals surface area contributed by atoms with Crippen LogP contribution in [0.1, 0.15) is 470 Å². The number of ether oxygens (including phenoxy) is 2. The van der Waals surface area contributed by atoms with Crippen LogP contribution >= 0.6 is 7.82 Å². The zero-order valence-corrected chi connectivity index (χ0v) is 69.3. The second-order valence-electron chi connectivity index (χ2n) is 31.9. The van der Waals surface area contributed by atoms with Crippen molar-refractivity contribution in [1.82, 2.24) is 0 Å². The summed E-state index contributed by atoms with van der Waals surface area (Å²) in [5.74, 6) is -0.804. The molecule has 0 N–H and O–H groups in total. The molecule has 0 rings (SSSR count). The van der Waals surface area contributed by atoms with E-state index in [4.69, 9.17) is 18.5 Å². The second-order valence-corrected chi connectivity index (χ2v) is 33.4. The number of carbonyl (C=O) groups excluding carboxylic acids is 2. The van der Waals surface area contributed by atoms with Crippen LogP contribution in [0.5, 0.6) is 0 Å². The van der Waals surface area contributed by atoms with Gasteiger partial charge in [0, 0.05) is 12.8 Å². The minimum atomic E-state index is -4.65. The number of phosphoric acid groups is 1. The van der Waals surface area contributed by atoms with Gasteiger partial charge in [-0.15, -0.1) is 0 Å². The number of quaternary nitrogens is 1. The Bertz CT molecular complexity index is 1840. The molecule has 0 aromatic heterocycles. The van der Waals surface area contributed by atoms with Gasteiger partial charge in [0.2, 0.25) is 0 Å². The van der Waals surface area contributed by atoms with E-state index >= 15 is 0 Å². The minimum absolute atomic E-state index is 0.0271. The summed E-state index contributed by atoms with van der Waals surface area (Å²) in [5, 5.41) is 0. The molecule has 0 heterocycles. The van der Waals surface area contributed by atoms with Crippen LogP contribution in [0.25, 0.3) is 0 Å². The lowest BCUT2D eigenvalue weighted by Crippen LogP contribution is -2.37. The van der Waals surface area contributed by atoms with Crippen molar-refractivity contribution < 1.29 is 42.1 Å². The van der Waals surface area contributed by atoms with Crippen molar-refractivity contribution in [3.8, 4) is 0 Å². The highest BCUT2D eigenvalue weighted by molar-refractivity contribution is 7.45. The number of likely N-dealkylation sites (N-methyl/N-ethyl adjacent to an activating group) is 1. The Morgan fingerprint density at radius 3 is 0.842 bits per heavy atom. The number of hydrogen-bond donors (Lipinski definition) is 0. The average molecular weight is 1440 g/mol. The molecule has 10 heteroatoms. The van der Waals surface area contributed by atoms with E-state index in [0.717, 1.165) is 57.8 Å². The van der Waals surface area contributed by atoms with Crippen LogP contribution in [0.4, 0.5) is 0 Å². The van der Waals surface area contributed by atoms with Crippen LogP contribution in [0.3, 0.4) is 0 Å². The topological polar surface area (TPSA) is 111 Å². The van der Waals surface area contributed by atoms with Gasteiger partial charge in [-0.05, 0) is 51.4 Å². The first-order valence-corrected chi connectivity index (χ1v) is 46.3. The number of carbonyl (C=O) groups is 2. The van der Waals surface area contributed by atoms with Crippen LogP contribution in [0.2, 0.25) is 0 Å². The maximum absolute atomic E-state index is 12.9. The van der Waals surface area contributed by atoms with Crippen molar-refractivity contribution >= 4 is 19.8 Å². The van der Waals surface area contributed by atoms with E-state index < -0.39 is 26.5 Å². The van der Waals surface area contributed by atoms with Crippen molar-refractivity contribution in [2.45, 2.75) is 476 Å². The summed E-state index contributed by atoms with van der Waals surface area (Å²) in [5.41, 5.74) is 0. The van der Waals surface area contributed by atoms with Gasteiger partial charge in [0.15, 0.2) is 6.10 Å². The SMILES string of the molecule is CC/C=C\C/C=C\C/C=C\C/C=C\CCCCCCCCCCCCCCCCCCCCCCCCCCC(=O)OC(COC(=O)CCCCCCCCCCCCCCCCCCCCCCCCCCCCCCCCCCCCCCCCCC)COP(=O)([O-])OCC[N+](C)(C)C. The molecule has 9 nitrogen and oxygen atoms in total.